The number of nitrogens with zero attached hydrogens (tertiary/aromatic N) is 2. The first-order valence-corrected chi connectivity index (χ1v) is 7.82. The summed E-state index contributed by atoms with van der Waals surface area (Å²) in [4.78, 5) is 4.22. The second-order valence-corrected chi connectivity index (χ2v) is 5.22. The lowest BCUT2D eigenvalue weighted by Gasteiger charge is -2.13. The average Bonchev–Trinajstić information content (AvgIpc) is 2.65. The zero-order chi connectivity index (χ0) is 17.2. The third-order valence-electron chi connectivity index (χ3n) is 3.65. The molecule has 2 rings (SSSR count). The number of ether oxygens (including phenoxy) is 1. The van der Waals surface area contributed by atoms with Gasteiger partial charge in [0.25, 0.3) is 0 Å². The van der Waals surface area contributed by atoms with Gasteiger partial charge in [-0.2, -0.15) is 5.26 Å². The molecule has 0 radical (unpaired) electrons. The lowest BCUT2D eigenvalue weighted by atomic mass is 10.1. The summed E-state index contributed by atoms with van der Waals surface area (Å²) < 4.78 is 5.36. The normalized spacial score (nSPS) is 10.8. The third kappa shape index (κ3) is 5.03. The smallest absolute Gasteiger partial charge is 0.191 e. The van der Waals surface area contributed by atoms with E-state index in [1.54, 1.807) is 14.2 Å². The number of hydrogen-bond acceptors (Lipinski definition) is 3. The van der Waals surface area contributed by atoms with Crippen molar-refractivity contribution < 1.29 is 4.74 Å². The standard InChI is InChI=1S/C19H22N4O/c1-21-19(23-14-16-9-7-15(13-20)8-10-16)22-12-11-17-5-3-4-6-18(17)24-2/h3-10H,11-12,14H2,1-2H3,(H2,21,22,23). The summed E-state index contributed by atoms with van der Waals surface area (Å²) in [5.41, 5.74) is 2.93. The van der Waals surface area contributed by atoms with Gasteiger partial charge in [-0.3, -0.25) is 4.99 Å². The molecule has 0 unspecified atom stereocenters. The summed E-state index contributed by atoms with van der Waals surface area (Å²) in [6.45, 7) is 1.41. The number of nitrogens with one attached hydrogen (secondary N) is 2. The first kappa shape index (κ1) is 17.4. The third-order valence-corrected chi connectivity index (χ3v) is 3.65. The number of rotatable bonds is 6. The maximum absolute atomic E-state index is 8.81. The maximum Gasteiger partial charge on any atom is 0.191 e. The van der Waals surface area contributed by atoms with Crippen molar-refractivity contribution in [2.45, 2.75) is 13.0 Å². The van der Waals surface area contributed by atoms with Gasteiger partial charge in [0.15, 0.2) is 5.96 Å². The fraction of sp³-hybridized carbons (Fsp3) is 0.263. The number of para-hydroxylation sites is 1. The van der Waals surface area contributed by atoms with Gasteiger partial charge in [-0.05, 0) is 35.7 Å². The molecular formula is C19H22N4O. The highest BCUT2D eigenvalue weighted by atomic mass is 16.5. The topological polar surface area (TPSA) is 69.4 Å². The van der Waals surface area contributed by atoms with Gasteiger partial charge in [0.2, 0.25) is 0 Å². The molecule has 2 aromatic carbocycles. The van der Waals surface area contributed by atoms with Crippen LogP contribution in [0.1, 0.15) is 16.7 Å². The monoisotopic (exact) mass is 322 g/mol. The van der Waals surface area contributed by atoms with Crippen molar-refractivity contribution in [2.24, 2.45) is 4.99 Å². The zero-order valence-corrected chi connectivity index (χ0v) is 14.0. The molecule has 0 heterocycles. The first-order valence-electron chi connectivity index (χ1n) is 7.82. The number of nitriles is 1. The quantitative estimate of drug-likeness (QED) is 0.633. The Hall–Kier alpha value is -3.00. The number of aliphatic imine (C=N–C) groups is 1. The molecule has 0 bridgehead atoms. The number of methoxy groups -OCH3 is 1. The van der Waals surface area contributed by atoms with Crippen molar-refractivity contribution >= 4 is 5.96 Å². The predicted molar refractivity (Wildman–Crippen MR) is 96.1 cm³/mol. The van der Waals surface area contributed by atoms with E-state index in [4.69, 9.17) is 10.00 Å². The van der Waals surface area contributed by atoms with Crippen LogP contribution >= 0.6 is 0 Å². The van der Waals surface area contributed by atoms with Crippen LogP contribution < -0.4 is 15.4 Å². The van der Waals surface area contributed by atoms with Crippen molar-refractivity contribution in [3.8, 4) is 11.8 Å². The van der Waals surface area contributed by atoms with Gasteiger partial charge in [0.05, 0.1) is 18.7 Å². The van der Waals surface area contributed by atoms with Crippen molar-refractivity contribution in [2.75, 3.05) is 20.7 Å². The molecule has 0 aliphatic rings. The summed E-state index contributed by atoms with van der Waals surface area (Å²) >= 11 is 0. The van der Waals surface area contributed by atoms with E-state index in [0.29, 0.717) is 12.1 Å². The second kappa shape index (κ2) is 9.21. The molecular weight excluding hydrogens is 300 g/mol. The highest BCUT2D eigenvalue weighted by Gasteiger charge is 2.03. The summed E-state index contributed by atoms with van der Waals surface area (Å²) in [6.07, 6.45) is 0.849. The lowest BCUT2D eigenvalue weighted by Crippen LogP contribution is -2.37. The van der Waals surface area contributed by atoms with Crippen molar-refractivity contribution in [3.63, 3.8) is 0 Å². The molecule has 0 aliphatic carbocycles. The molecule has 0 spiro atoms. The fourth-order valence-electron chi connectivity index (χ4n) is 2.33. The molecule has 0 fully saturated rings. The zero-order valence-electron chi connectivity index (χ0n) is 14.0. The van der Waals surface area contributed by atoms with Gasteiger partial charge >= 0.3 is 0 Å². The Bertz CT molecular complexity index is 717. The highest BCUT2D eigenvalue weighted by Crippen LogP contribution is 2.17. The van der Waals surface area contributed by atoms with Crippen LogP contribution in [0.2, 0.25) is 0 Å². The van der Waals surface area contributed by atoms with Crippen LogP contribution in [-0.2, 0) is 13.0 Å². The van der Waals surface area contributed by atoms with Gasteiger partial charge in [0.1, 0.15) is 5.75 Å². The minimum Gasteiger partial charge on any atom is -0.496 e. The van der Waals surface area contributed by atoms with E-state index in [0.717, 1.165) is 35.8 Å². The van der Waals surface area contributed by atoms with E-state index in [-0.39, 0.29) is 0 Å². The second-order valence-electron chi connectivity index (χ2n) is 5.22. The van der Waals surface area contributed by atoms with Crippen LogP contribution in [0.4, 0.5) is 0 Å². The van der Waals surface area contributed by atoms with Crippen molar-refractivity contribution in [3.05, 3.63) is 65.2 Å². The van der Waals surface area contributed by atoms with Crippen LogP contribution in [0.5, 0.6) is 5.75 Å². The molecule has 0 saturated carbocycles. The van der Waals surface area contributed by atoms with Crippen LogP contribution in [0.3, 0.4) is 0 Å². The molecule has 0 aliphatic heterocycles. The molecule has 2 aromatic rings. The Morgan fingerprint density at radius 3 is 2.54 bits per heavy atom. The van der Waals surface area contributed by atoms with Crippen molar-refractivity contribution in [1.29, 1.82) is 5.26 Å². The Kier molecular flexibility index (Phi) is 6.66. The SMILES string of the molecule is CN=C(NCCc1ccccc1OC)NCc1ccc(C#N)cc1. The molecule has 5 nitrogen and oxygen atoms in total. The van der Waals surface area contributed by atoms with Crippen molar-refractivity contribution in [1.82, 2.24) is 10.6 Å². The lowest BCUT2D eigenvalue weighted by molar-refractivity contribution is 0.409. The molecule has 124 valence electrons. The number of benzene rings is 2. The van der Waals surface area contributed by atoms with Crippen LogP contribution in [-0.4, -0.2) is 26.7 Å². The minimum absolute atomic E-state index is 0.653. The Morgan fingerprint density at radius 2 is 1.88 bits per heavy atom. The van der Waals surface area contributed by atoms with E-state index in [1.807, 2.05) is 42.5 Å². The summed E-state index contributed by atoms with van der Waals surface area (Å²) in [5.74, 6) is 1.65. The highest BCUT2D eigenvalue weighted by molar-refractivity contribution is 5.79. The average molecular weight is 322 g/mol. The number of guanidine groups is 1. The van der Waals surface area contributed by atoms with Gasteiger partial charge in [-0.25, -0.2) is 0 Å². The molecule has 5 heteroatoms. The molecule has 0 saturated heterocycles. The predicted octanol–water partition coefficient (Wildman–Crippen LogP) is 2.47. The van der Waals surface area contributed by atoms with Crippen LogP contribution in [0.15, 0.2) is 53.5 Å². The van der Waals surface area contributed by atoms with Gasteiger partial charge in [-0.15, -0.1) is 0 Å². The van der Waals surface area contributed by atoms with Gasteiger partial charge in [-0.1, -0.05) is 30.3 Å². The van der Waals surface area contributed by atoms with E-state index in [2.05, 4.69) is 27.8 Å². The van der Waals surface area contributed by atoms with Crippen LogP contribution in [0.25, 0.3) is 0 Å². The maximum atomic E-state index is 8.81. The molecule has 0 aromatic heterocycles. The van der Waals surface area contributed by atoms with E-state index in [9.17, 15) is 0 Å². The van der Waals surface area contributed by atoms with E-state index < -0.39 is 0 Å². The van der Waals surface area contributed by atoms with E-state index >= 15 is 0 Å². The summed E-state index contributed by atoms with van der Waals surface area (Å²) in [6, 6.07) is 17.6. The Labute approximate surface area is 143 Å². The van der Waals surface area contributed by atoms with E-state index in [1.165, 1.54) is 0 Å². The molecule has 0 amide bonds. The first-order chi connectivity index (χ1) is 11.8. The molecule has 24 heavy (non-hydrogen) atoms. The molecule has 2 N–H and O–H groups in total. The summed E-state index contributed by atoms with van der Waals surface area (Å²) in [7, 11) is 3.43. The Balaban J connectivity index is 1.81. The number of hydrogen-bond donors (Lipinski definition) is 2. The molecule has 0 atom stereocenters. The summed E-state index contributed by atoms with van der Waals surface area (Å²) in [5, 5.41) is 15.4. The van der Waals surface area contributed by atoms with Gasteiger partial charge in [0, 0.05) is 20.1 Å². The van der Waals surface area contributed by atoms with Gasteiger partial charge < -0.3 is 15.4 Å². The Morgan fingerprint density at radius 1 is 1.12 bits per heavy atom. The fourth-order valence-corrected chi connectivity index (χ4v) is 2.33. The largest absolute Gasteiger partial charge is 0.496 e. The van der Waals surface area contributed by atoms with Crippen LogP contribution in [0, 0.1) is 11.3 Å². The minimum atomic E-state index is 0.653.